The van der Waals surface area contributed by atoms with Crippen molar-refractivity contribution >= 4 is 35.4 Å². The molecule has 1 aliphatic rings. The quantitative estimate of drug-likeness (QED) is 0.316. The molecule has 0 saturated carbocycles. The molecule has 0 aromatic heterocycles. The summed E-state index contributed by atoms with van der Waals surface area (Å²) < 4.78 is 0. The van der Waals surface area contributed by atoms with Gasteiger partial charge in [0.1, 0.15) is 6.29 Å². The van der Waals surface area contributed by atoms with Gasteiger partial charge in [0, 0.05) is 28.4 Å². The molecule has 1 aliphatic heterocycles. The molecule has 2 aromatic carbocycles. The first-order valence-corrected chi connectivity index (χ1v) is 11.5. The molecule has 0 N–H and O–H groups in total. The Morgan fingerprint density at radius 1 is 1.16 bits per heavy atom. The van der Waals surface area contributed by atoms with Crippen LogP contribution in [0.1, 0.15) is 62.6 Å². The van der Waals surface area contributed by atoms with E-state index in [0.717, 1.165) is 17.4 Å². The van der Waals surface area contributed by atoms with E-state index in [1.807, 2.05) is 67.3 Å². The molecule has 0 radical (unpaired) electrons. The van der Waals surface area contributed by atoms with Crippen LogP contribution >= 0.6 is 23.2 Å². The number of rotatable bonds is 8. The largest absolute Gasteiger partial charge is 0.331 e. The maximum atomic E-state index is 13.9. The molecule has 31 heavy (non-hydrogen) atoms. The van der Waals surface area contributed by atoms with Crippen molar-refractivity contribution in [3.63, 3.8) is 0 Å². The number of likely N-dealkylation sites (tertiary alicyclic amines) is 1. The van der Waals surface area contributed by atoms with Crippen molar-refractivity contribution in [3.8, 4) is 0 Å². The summed E-state index contributed by atoms with van der Waals surface area (Å²) in [4.78, 5) is 27.4. The maximum absolute atomic E-state index is 13.9. The highest BCUT2D eigenvalue weighted by molar-refractivity contribution is 6.30. The summed E-state index contributed by atoms with van der Waals surface area (Å²) in [6, 6.07) is 15.1. The van der Waals surface area contributed by atoms with Crippen LogP contribution in [0.15, 0.2) is 61.2 Å². The fourth-order valence-corrected chi connectivity index (χ4v) is 5.20. The number of carbonyl (C=O) groups excluding carboxylic acids is 2. The standard InChI is InChI=1S/C26H29Cl2NO2/c1-4-14-26(3)17-23(19-7-6-8-21(28)16-19)24(18-9-11-20(27)12-10-18)29(25(26)31)22(5-2)13-15-30/h4,6-12,15-16,22-24H,1,5,13-14,17H2,2-3H3/t22-,23+,24+,26?/m0/s1. The van der Waals surface area contributed by atoms with Crippen LogP contribution in [0, 0.1) is 5.41 Å². The minimum absolute atomic E-state index is 0.0169. The lowest BCUT2D eigenvalue weighted by atomic mass is 9.67. The Morgan fingerprint density at radius 3 is 2.45 bits per heavy atom. The minimum Gasteiger partial charge on any atom is -0.331 e. The number of benzene rings is 2. The number of halogens is 2. The van der Waals surface area contributed by atoms with E-state index in [9.17, 15) is 9.59 Å². The van der Waals surface area contributed by atoms with Gasteiger partial charge in [0.15, 0.2) is 0 Å². The van der Waals surface area contributed by atoms with Gasteiger partial charge in [0.25, 0.3) is 0 Å². The van der Waals surface area contributed by atoms with Crippen LogP contribution < -0.4 is 0 Å². The van der Waals surface area contributed by atoms with E-state index in [1.165, 1.54) is 0 Å². The predicted molar refractivity (Wildman–Crippen MR) is 128 cm³/mol. The van der Waals surface area contributed by atoms with Gasteiger partial charge in [0.05, 0.1) is 11.5 Å². The number of hydrogen-bond donors (Lipinski definition) is 0. The topological polar surface area (TPSA) is 37.4 Å². The number of allylic oxidation sites excluding steroid dienone is 1. The van der Waals surface area contributed by atoms with E-state index in [0.29, 0.717) is 35.7 Å². The Bertz CT molecular complexity index is 943. The molecule has 1 saturated heterocycles. The Hall–Kier alpha value is -2.10. The summed E-state index contributed by atoms with van der Waals surface area (Å²) in [6.45, 7) is 7.93. The van der Waals surface area contributed by atoms with Gasteiger partial charge in [-0.05, 0) is 54.7 Å². The van der Waals surface area contributed by atoms with Crippen LogP contribution in [0.4, 0.5) is 0 Å². The van der Waals surface area contributed by atoms with Crippen LogP contribution in [0.3, 0.4) is 0 Å². The monoisotopic (exact) mass is 457 g/mol. The second-order valence-corrected chi connectivity index (χ2v) is 9.47. The van der Waals surface area contributed by atoms with Gasteiger partial charge < -0.3 is 9.69 Å². The summed E-state index contributed by atoms with van der Waals surface area (Å²) in [5, 5.41) is 1.31. The summed E-state index contributed by atoms with van der Waals surface area (Å²) in [7, 11) is 0. The molecule has 1 heterocycles. The van der Waals surface area contributed by atoms with Crippen molar-refractivity contribution in [3.05, 3.63) is 82.4 Å². The van der Waals surface area contributed by atoms with Crippen LogP contribution in [-0.2, 0) is 9.59 Å². The van der Waals surface area contributed by atoms with Gasteiger partial charge in [0.2, 0.25) is 5.91 Å². The molecule has 0 bridgehead atoms. The molecule has 4 atom stereocenters. The first-order chi connectivity index (χ1) is 14.8. The zero-order valence-electron chi connectivity index (χ0n) is 18.1. The fraction of sp³-hybridized carbons (Fsp3) is 0.385. The van der Waals surface area contributed by atoms with E-state index >= 15 is 0 Å². The summed E-state index contributed by atoms with van der Waals surface area (Å²) >= 11 is 12.5. The van der Waals surface area contributed by atoms with E-state index in [4.69, 9.17) is 23.2 Å². The minimum atomic E-state index is -0.603. The van der Waals surface area contributed by atoms with E-state index in [1.54, 1.807) is 0 Å². The van der Waals surface area contributed by atoms with Gasteiger partial charge >= 0.3 is 0 Å². The van der Waals surface area contributed by atoms with Crippen LogP contribution in [0.25, 0.3) is 0 Å². The molecular formula is C26H29Cl2NO2. The molecule has 3 rings (SSSR count). The van der Waals surface area contributed by atoms with Crippen LogP contribution in [-0.4, -0.2) is 23.1 Å². The van der Waals surface area contributed by atoms with Crippen molar-refractivity contribution in [2.24, 2.45) is 5.41 Å². The number of carbonyl (C=O) groups is 2. The molecular weight excluding hydrogens is 429 g/mol. The third kappa shape index (κ3) is 4.88. The van der Waals surface area contributed by atoms with Crippen molar-refractivity contribution in [1.29, 1.82) is 0 Å². The lowest BCUT2D eigenvalue weighted by Crippen LogP contribution is -2.55. The predicted octanol–water partition coefficient (Wildman–Crippen LogP) is 7.00. The Morgan fingerprint density at radius 2 is 1.87 bits per heavy atom. The highest BCUT2D eigenvalue weighted by Crippen LogP contribution is 2.52. The van der Waals surface area contributed by atoms with Crippen molar-refractivity contribution in [1.82, 2.24) is 4.90 Å². The highest BCUT2D eigenvalue weighted by atomic mass is 35.5. The smallest absolute Gasteiger partial charge is 0.229 e. The summed E-state index contributed by atoms with van der Waals surface area (Å²) in [6.07, 6.45) is 4.96. The second-order valence-electron chi connectivity index (χ2n) is 8.59. The number of hydrogen-bond acceptors (Lipinski definition) is 2. The lowest BCUT2D eigenvalue weighted by molar-refractivity contribution is -0.154. The van der Waals surface area contributed by atoms with Gasteiger partial charge in [-0.15, -0.1) is 6.58 Å². The highest BCUT2D eigenvalue weighted by Gasteiger charge is 2.50. The molecule has 3 nitrogen and oxygen atoms in total. The van der Waals surface area contributed by atoms with Gasteiger partial charge in [-0.25, -0.2) is 0 Å². The zero-order valence-corrected chi connectivity index (χ0v) is 19.6. The number of amides is 1. The summed E-state index contributed by atoms with van der Waals surface area (Å²) in [5.41, 5.74) is 1.49. The van der Waals surface area contributed by atoms with Gasteiger partial charge in [-0.3, -0.25) is 4.79 Å². The summed E-state index contributed by atoms with van der Waals surface area (Å²) in [5.74, 6) is 0.0857. The van der Waals surface area contributed by atoms with Crippen molar-refractivity contribution in [2.45, 2.75) is 57.5 Å². The van der Waals surface area contributed by atoms with Crippen molar-refractivity contribution in [2.75, 3.05) is 0 Å². The Balaban J connectivity index is 2.23. The number of piperidine rings is 1. The molecule has 1 fully saturated rings. The second kappa shape index (κ2) is 10.0. The molecule has 2 aromatic rings. The normalized spacial score (nSPS) is 24.6. The number of aldehydes is 1. The van der Waals surface area contributed by atoms with Crippen LogP contribution in [0.2, 0.25) is 10.0 Å². The molecule has 1 amide bonds. The molecule has 5 heteroatoms. The van der Waals surface area contributed by atoms with E-state index in [-0.39, 0.29) is 23.9 Å². The number of nitrogens with zero attached hydrogens (tertiary/aromatic N) is 1. The van der Waals surface area contributed by atoms with Gasteiger partial charge in [-0.2, -0.15) is 0 Å². The average Bonchev–Trinajstić information content (AvgIpc) is 2.75. The third-order valence-corrected chi connectivity index (χ3v) is 6.91. The van der Waals surface area contributed by atoms with Crippen LogP contribution in [0.5, 0.6) is 0 Å². The fourth-order valence-electron chi connectivity index (χ4n) is 4.88. The van der Waals surface area contributed by atoms with E-state index < -0.39 is 5.41 Å². The third-order valence-electron chi connectivity index (χ3n) is 6.42. The molecule has 0 spiro atoms. The Kier molecular flexibility index (Phi) is 7.61. The van der Waals surface area contributed by atoms with Gasteiger partial charge in [-0.1, -0.05) is 67.4 Å². The first kappa shape index (κ1) is 23.6. The molecule has 164 valence electrons. The lowest BCUT2D eigenvalue weighted by Gasteiger charge is -2.52. The maximum Gasteiger partial charge on any atom is 0.229 e. The average molecular weight is 458 g/mol. The SMILES string of the molecule is C=CCC1(C)C[C@H](c2cccc(Cl)c2)[C@@H](c2ccc(Cl)cc2)N([C@@H](CC)CC=O)C1=O. The first-order valence-electron chi connectivity index (χ1n) is 10.7. The molecule has 0 aliphatic carbocycles. The molecule has 1 unspecified atom stereocenters. The Labute approximate surface area is 195 Å². The van der Waals surface area contributed by atoms with E-state index in [2.05, 4.69) is 12.6 Å². The zero-order chi connectivity index (χ0) is 22.6. The van der Waals surface area contributed by atoms with Crippen molar-refractivity contribution < 1.29 is 9.59 Å².